The van der Waals surface area contributed by atoms with E-state index < -0.39 is 0 Å². The normalized spacial score (nSPS) is 20.4. The Kier molecular flexibility index (Phi) is 3.79. The first kappa shape index (κ1) is 13.5. The van der Waals surface area contributed by atoms with Gasteiger partial charge in [0, 0.05) is 30.2 Å². The highest BCUT2D eigenvalue weighted by molar-refractivity contribution is 5.94. The quantitative estimate of drug-likeness (QED) is 0.789. The molecule has 0 aliphatic heterocycles. The molecule has 1 aromatic carbocycles. The Morgan fingerprint density at radius 1 is 1.14 bits per heavy atom. The van der Waals surface area contributed by atoms with Crippen molar-refractivity contribution < 1.29 is 4.79 Å². The number of rotatable bonds is 4. The lowest BCUT2D eigenvalue weighted by molar-refractivity contribution is 0.0905. The first-order valence-electron chi connectivity index (χ1n) is 6.93. The van der Waals surface area contributed by atoms with Gasteiger partial charge in [0.15, 0.2) is 0 Å². The molecule has 108 valence electrons. The lowest BCUT2D eigenvalue weighted by Gasteiger charge is -2.33. The average Bonchev–Trinajstić information content (AvgIpc) is 2.52. The van der Waals surface area contributed by atoms with Crippen LogP contribution in [0.3, 0.4) is 0 Å². The van der Waals surface area contributed by atoms with Crippen LogP contribution in [0.15, 0.2) is 42.7 Å². The highest BCUT2D eigenvalue weighted by Gasteiger charge is 2.28. The Morgan fingerprint density at radius 3 is 2.43 bits per heavy atom. The van der Waals surface area contributed by atoms with Crippen molar-refractivity contribution in [3.05, 3.63) is 48.3 Å². The van der Waals surface area contributed by atoms with Crippen LogP contribution in [0.25, 0.3) is 0 Å². The van der Waals surface area contributed by atoms with Gasteiger partial charge in [0.2, 0.25) is 5.95 Å². The molecule has 3 rings (SSSR count). The van der Waals surface area contributed by atoms with E-state index in [1.165, 1.54) is 12.4 Å². The smallest absolute Gasteiger partial charge is 0.254 e. The highest BCUT2D eigenvalue weighted by Crippen LogP contribution is 2.18. The van der Waals surface area contributed by atoms with E-state index in [0.717, 1.165) is 18.5 Å². The van der Waals surface area contributed by atoms with Gasteiger partial charge in [-0.25, -0.2) is 9.97 Å². The molecular formula is C15H17N5O. The fourth-order valence-corrected chi connectivity index (χ4v) is 2.12. The number of carbonyl (C=O) groups is 1. The second-order valence-corrected chi connectivity index (χ2v) is 5.11. The van der Waals surface area contributed by atoms with E-state index in [1.54, 1.807) is 0 Å². The summed E-state index contributed by atoms with van der Waals surface area (Å²) in [6.45, 7) is 0. The van der Waals surface area contributed by atoms with Crippen LogP contribution in [0.4, 0.5) is 11.6 Å². The predicted molar refractivity (Wildman–Crippen MR) is 80.2 cm³/mol. The molecule has 6 heteroatoms. The maximum Gasteiger partial charge on any atom is 0.254 e. The lowest BCUT2D eigenvalue weighted by Crippen LogP contribution is -2.54. The summed E-state index contributed by atoms with van der Waals surface area (Å²) in [7, 11) is 0. The molecule has 0 bridgehead atoms. The maximum absolute atomic E-state index is 12.0. The molecule has 1 aliphatic carbocycles. The topological polar surface area (TPSA) is 92.9 Å². The van der Waals surface area contributed by atoms with Crippen LogP contribution >= 0.6 is 0 Å². The van der Waals surface area contributed by atoms with E-state index in [2.05, 4.69) is 20.6 Å². The summed E-state index contributed by atoms with van der Waals surface area (Å²) in [5, 5.41) is 5.95. The maximum atomic E-state index is 12.0. The molecule has 1 saturated carbocycles. The Balaban J connectivity index is 1.62. The van der Waals surface area contributed by atoms with Crippen molar-refractivity contribution in [3.63, 3.8) is 0 Å². The van der Waals surface area contributed by atoms with Gasteiger partial charge in [-0.2, -0.15) is 0 Å². The molecular weight excluding hydrogens is 266 g/mol. The molecule has 2 aromatic rings. The van der Waals surface area contributed by atoms with Gasteiger partial charge in [-0.15, -0.1) is 0 Å². The third-order valence-electron chi connectivity index (χ3n) is 3.59. The monoisotopic (exact) mass is 283 g/mol. The fourth-order valence-electron chi connectivity index (χ4n) is 2.12. The number of nitrogens with two attached hydrogens (primary N) is 1. The molecule has 0 saturated heterocycles. The van der Waals surface area contributed by atoms with Gasteiger partial charge in [-0.05, 0) is 25.0 Å². The molecule has 1 aliphatic rings. The molecule has 0 spiro atoms. The third-order valence-corrected chi connectivity index (χ3v) is 3.59. The fraction of sp³-hybridized carbons (Fsp3) is 0.267. The van der Waals surface area contributed by atoms with Gasteiger partial charge >= 0.3 is 0 Å². The van der Waals surface area contributed by atoms with E-state index in [9.17, 15) is 4.79 Å². The van der Waals surface area contributed by atoms with E-state index >= 15 is 0 Å². The van der Waals surface area contributed by atoms with Crippen molar-refractivity contribution in [2.24, 2.45) is 5.73 Å². The van der Waals surface area contributed by atoms with Gasteiger partial charge in [0.1, 0.15) is 0 Å². The van der Waals surface area contributed by atoms with Gasteiger partial charge in [-0.3, -0.25) is 4.79 Å². The van der Waals surface area contributed by atoms with Crippen molar-refractivity contribution in [2.45, 2.75) is 24.9 Å². The zero-order chi connectivity index (χ0) is 14.7. The van der Waals surface area contributed by atoms with E-state index in [1.807, 2.05) is 30.3 Å². The average molecular weight is 283 g/mol. The van der Waals surface area contributed by atoms with Crippen LogP contribution in [0.5, 0.6) is 0 Å². The Bertz CT molecular complexity index is 614. The zero-order valence-electron chi connectivity index (χ0n) is 11.5. The summed E-state index contributed by atoms with van der Waals surface area (Å²) in [5.41, 5.74) is 7.14. The van der Waals surface area contributed by atoms with Crippen molar-refractivity contribution in [1.82, 2.24) is 15.3 Å². The van der Waals surface area contributed by atoms with Crippen molar-refractivity contribution >= 4 is 17.5 Å². The molecule has 0 unspecified atom stereocenters. The van der Waals surface area contributed by atoms with Crippen LogP contribution in [-0.4, -0.2) is 28.0 Å². The minimum Gasteiger partial charge on any atom is -0.348 e. The number of nitrogens with zero attached hydrogens (tertiary/aromatic N) is 2. The van der Waals surface area contributed by atoms with Crippen molar-refractivity contribution in [2.75, 3.05) is 5.32 Å². The predicted octanol–water partition coefficient (Wildman–Crippen LogP) is 1.44. The number of aromatic nitrogens is 2. The summed E-state index contributed by atoms with van der Waals surface area (Å²) < 4.78 is 0. The minimum atomic E-state index is -0.179. The van der Waals surface area contributed by atoms with Gasteiger partial charge in [0.05, 0.1) is 5.56 Å². The summed E-state index contributed by atoms with van der Waals surface area (Å²) >= 11 is 0. The third kappa shape index (κ3) is 3.17. The van der Waals surface area contributed by atoms with Crippen molar-refractivity contribution in [3.8, 4) is 0 Å². The Hall–Kier alpha value is -2.47. The molecule has 2 atom stereocenters. The lowest BCUT2D eigenvalue weighted by atomic mass is 9.87. The summed E-state index contributed by atoms with van der Waals surface area (Å²) in [6, 6.07) is 9.75. The number of hydrogen-bond acceptors (Lipinski definition) is 5. The zero-order valence-corrected chi connectivity index (χ0v) is 11.5. The second kappa shape index (κ2) is 5.88. The number of para-hydroxylation sites is 1. The SMILES string of the molecule is N[C@@H]1CC[C@@H]1NC(=O)c1cnc(Nc2ccccc2)nc1. The molecule has 1 heterocycles. The second-order valence-electron chi connectivity index (χ2n) is 5.11. The molecule has 0 radical (unpaired) electrons. The van der Waals surface area contributed by atoms with Crippen LogP contribution < -0.4 is 16.4 Å². The highest BCUT2D eigenvalue weighted by atomic mass is 16.1. The van der Waals surface area contributed by atoms with Crippen LogP contribution in [0, 0.1) is 0 Å². The standard InChI is InChI=1S/C15H17N5O/c16-12-6-7-13(12)20-14(21)10-8-17-15(18-9-10)19-11-4-2-1-3-5-11/h1-5,8-9,12-13H,6-7,16H2,(H,20,21)(H,17,18,19)/t12-,13+/m1/s1. The van der Waals surface area contributed by atoms with E-state index in [0.29, 0.717) is 11.5 Å². The van der Waals surface area contributed by atoms with E-state index in [4.69, 9.17) is 5.73 Å². The molecule has 6 nitrogen and oxygen atoms in total. The Labute approximate surface area is 122 Å². The molecule has 1 aromatic heterocycles. The number of anilines is 2. The first-order valence-corrected chi connectivity index (χ1v) is 6.93. The van der Waals surface area contributed by atoms with Gasteiger partial charge in [-0.1, -0.05) is 18.2 Å². The molecule has 1 fully saturated rings. The molecule has 1 amide bonds. The number of amides is 1. The number of benzene rings is 1. The number of carbonyl (C=O) groups excluding carboxylic acids is 1. The van der Waals surface area contributed by atoms with Gasteiger partial charge < -0.3 is 16.4 Å². The summed E-state index contributed by atoms with van der Waals surface area (Å²) in [4.78, 5) is 20.3. The molecule has 21 heavy (non-hydrogen) atoms. The van der Waals surface area contributed by atoms with Crippen LogP contribution in [0.2, 0.25) is 0 Å². The first-order chi connectivity index (χ1) is 10.2. The molecule has 4 N–H and O–H groups in total. The van der Waals surface area contributed by atoms with Crippen molar-refractivity contribution in [1.29, 1.82) is 0 Å². The number of nitrogens with one attached hydrogen (secondary N) is 2. The summed E-state index contributed by atoms with van der Waals surface area (Å²) in [6.07, 6.45) is 4.92. The Morgan fingerprint density at radius 2 is 1.86 bits per heavy atom. The van der Waals surface area contributed by atoms with Gasteiger partial charge in [0.25, 0.3) is 5.91 Å². The largest absolute Gasteiger partial charge is 0.348 e. The van der Waals surface area contributed by atoms with Crippen LogP contribution in [0.1, 0.15) is 23.2 Å². The van der Waals surface area contributed by atoms with E-state index in [-0.39, 0.29) is 18.0 Å². The number of hydrogen-bond donors (Lipinski definition) is 3. The van der Waals surface area contributed by atoms with Crippen LogP contribution in [-0.2, 0) is 0 Å². The summed E-state index contributed by atoms with van der Waals surface area (Å²) in [5.74, 6) is 0.277. The minimum absolute atomic E-state index is 0.0638.